The molecule has 0 bridgehead atoms. The van der Waals surface area contributed by atoms with Crippen molar-refractivity contribution in [3.05, 3.63) is 28.8 Å². The smallest absolute Gasteiger partial charge is 0.313 e. The predicted molar refractivity (Wildman–Crippen MR) is 85.0 cm³/mol. The van der Waals surface area contributed by atoms with Crippen molar-refractivity contribution in [2.75, 3.05) is 5.75 Å². The Hall–Kier alpha value is -1.16. The molecule has 1 atom stereocenters. The van der Waals surface area contributed by atoms with E-state index in [1.165, 1.54) is 0 Å². The molecule has 3 nitrogen and oxygen atoms in total. The van der Waals surface area contributed by atoms with Crippen LogP contribution in [-0.2, 0) is 15.6 Å². The van der Waals surface area contributed by atoms with Gasteiger partial charge in [-0.05, 0) is 48.1 Å². The number of hydrogen-bond acceptors (Lipinski definition) is 3. The van der Waals surface area contributed by atoms with Gasteiger partial charge in [0.05, 0.1) is 5.41 Å². The Morgan fingerprint density at radius 2 is 1.80 bits per heavy atom. The molecule has 0 aliphatic rings. The van der Waals surface area contributed by atoms with Crippen LogP contribution >= 0.6 is 12.6 Å². The fourth-order valence-electron chi connectivity index (χ4n) is 2.27. The second-order valence-corrected chi connectivity index (χ2v) is 7.00. The predicted octanol–water partition coefficient (Wildman–Crippen LogP) is 3.66. The van der Waals surface area contributed by atoms with Crippen LogP contribution in [0.15, 0.2) is 12.1 Å². The fraction of sp³-hybridized carbons (Fsp3) is 0.562. The number of thiol groups is 1. The summed E-state index contributed by atoms with van der Waals surface area (Å²) in [5.41, 5.74) is 0.975. The van der Waals surface area contributed by atoms with Crippen molar-refractivity contribution in [3.8, 4) is 5.75 Å². The zero-order valence-electron chi connectivity index (χ0n) is 12.8. The number of aliphatic carboxylic acids is 1. The van der Waals surface area contributed by atoms with Gasteiger partial charge >= 0.3 is 5.97 Å². The number of carboxylic acid groups (broad SMARTS) is 1. The number of benzene rings is 1. The molecule has 0 saturated carbocycles. The summed E-state index contributed by atoms with van der Waals surface area (Å²) in [6.07, 6.45) is 0.444. The van der Waals surface area contributed by atoms with Crippen molar-refractivity contribution in [3.63, 3.8) is 0 Å². The van der Waals surface area contributed by atoms with E-state index in [4.69, 9.17) is 0 Å². The molecule has 0 aliphatic heterocycles. The lowest BCUT2D eigenvalue weighted by Gasteiger charge is -2.29. The molecule has 112 valence electrons. The molecule has 0 amide bonds. The number of hydrogen-bond donors (Lipinski definition) is 3. The average Bonchev–Trinajstić information content (AvgIpc) is 2.30. The maximum Gasteiger partial charge on any atom is 0.313 e. The van der Waals surface area contributed by atoms with E-state index in [2.05, 4.69) is 12.6 Å². The molecule has 0 heterocycles. The molecule has 0 aliphatic carbocycles. The summed E-state index contributed by atoms with van der Waals surface area (Å²) >= 11 is 4.18. The number of carbonyl (C=O) groups is 1. The van der Waals surface area contributed by atoms with E-state index >= 15 is 0 Å². The normalized spacial score (nSPS) is 14.9. The van der Waals surface area contributed by atoms with E-state index in [0.29, 0.717) is 17.7 Å². The van der Waals surface area contributed by atoms with Crippen LogP contribution in [-0.4, -0.2) is 21.9 Å². The first-order valence-electron chi connectivity index (χ1n) is 6.73. The van der Waals surface area contributed by atoms with Crippen LogP contribution in [0.1, 0.15) is 50.8 Å². The molecule has 1 aromatic rings. The van der Waals surface area contributed by atoms with E-state index in [1.54, 1.807) is 19.9 Å². The second-order valence-electron chi connectivity index (χ2n) is 6.55. The van der Waals surface area contributed by atoms with E-state index < -0.39 is 11.4 Å². The van der Waals surface area contributed by atoms with Crippen LogP contribution in [0.25, 0.3) is 0 Å². The zero-order chi connectivity index (χ0) is 15.7. The van der Waals surface area contributed by atoms with Crippen LogP contribution in [0.4, 0.5) is 0 Å². The molecular formula is C16H24O3S. The lowest BCUT2D eigenvalue weighted by Crippen LogP contribution is -2.33. The maximum absolute atomic E-state index is 11.7. The van der Waals surface area contributed by atoms with Crippen molar-refractivity contribution in [1.82, 2.24) is 0 Å². The highest BCUT2D eigenvalue weighted by Crippen LogP contribution is 2.38. The highest BCUT2D eigenvalue weighted by molar-refractivity contribution is 7.80. The first-order valence-corrected chi connectivity index (χ1v) is 7.36. The molecule has 1 rings (SSSR count). The van der Waals surface area contributed by atoms with Crippen molar-refractivity contribution < 1.29 is 15.0 Å². The van der Waals surface area contributed by atoms with Crippen molar-refractivity contribution in [1.29, 1.82) is 0 Å². The van der Waals surface area contributed by atoms with Gasteiger partial charge in [0.1, 0.15) is 5.75 Å². The van der Waals surface area contributed by atoms with Crippen LogP contribution in [0, 0.1) is 6.92 Å². The SMILES string of the molecule is Cc1cc(C(C)(CCS)C(=O)O)cc(C(C)(C)C)c1O. The number of carboxylic acids is 1. The Morgan fingerprint density at radius 1 is 1.25 bits per heavy atom. The van der Waals surface area contributed by atoms with Crippen LogP contribution in [0.3, 0.4) is 0 Å². The van der Waals surface area contributed by atoms with Crippen molar-refractivity contribution in [2.45, 2.75) is 51.9 Å². The van der Waals surface area contributed by atoms with Crippen molar-refractivity contribution in [2.24, 2.45) is 0 Å². The Labute approximate surface area is 126 Å². The summed E-state index contributed by atoms with van der Waals surface area (Å²) in [5, 5.41) is 19.8. The molecular weight excluding hydrogens is 272 g/mol. The minimum Gasteiger partial charge on any atom is -0.507 e. The Balaban J connectivity index is 3.54. The molecule has 1 unspecified atom stereocenters. The van der Waals surface area contributed by atoms with Gasteiger partial charge in [-0.15, -0.1) is 0 Å². The van der Waals surface area contributed by atoms with Gasteiger partial charge in [0, 0.05) is 0 Å². The van der Waals surface area contributed by atoms with Crippen LogP contribution in [0.2, 0.25) is 0 Å². The van der Waals surface area contributed by atoms with Gasteiger partial charge in [-0.25, -0.2) is 0 Å². The molecule has 0 spiro atoms. The molecule has 0 saturated heterocycles. The minimum absolute atomic E-state index is 0.245. The maximum atomic E-state index is 11.7. The second kappa shape index (κ2) is 5.68. The fourth-order valence-corrected chi connectivity index (χ4v) is 2.72. The van der Waals surface area contributed by atoms with E-state index in [-0.39, 0.29) is 11.2 Å². The highest BCUT2D eigenvalue weighted by Gasteiger charge is 2.36. The summed E-state index contributed by atoms with van der Waals surface area (Å²) in [6.45, 7) is 9.52. The highest BCUT2D eigenvalue weighted by atomic mass is 32.1. The number of phenols is 1. The van der Waals surface area contributed by atoms with E-state index in [1.807, 2.05) is 26.8 Å². The quantitative estimate of drug-likeness (QED) is 0.743. The third-order valence-electron chi connectivity index (χ3n) is 3.83. The van der Waals surface area contributed by atoms with Gasteiger partial charge in [-0.1, -0.05) is 32.9 Å². The first kappa shape index (κ1) is 16.9. The summed E-state index contributed by atoms with van der Waals surface area (Å²) in [6, 6.07) is 3.59. The number of aromatic hydroxyl groups is 1. The molecule has 0 aromatic heterocycles. The molecule has 20 heavy (non-hydrogen) atoms. The summed E-state index contributed by atoms with van der Waals surface area (Å²) < 4.78 is 0. The Bertz CT molecular complexity index is 517. The van der Waals surface area contributed by atoms with Gasteiger partial charge < -0.3 is 10.2 Å². The number of aryl methyl sites for hydroxylation is 1. The van der Waals surface area contributed by atoms with Gasteiger partial charge in [0.2, 0.25) is 0 Å². The largest absolute Gasteiger partial charge is 0.507 e. The van der Waals surface area contributed by atoms with E-state index in [9.17, 15) is 15.0 Å². The topological polar surface area (TPSA) is 57.5 Å². The monoisotopic (exact) mass is 296 g/mol. The summed E-state index contributed by atoms with van der Waals surface area (Å²) in [5.74, 6) is -0.121. The molecule has 0 fully saturated rings. The Morgan fingerprint density at radius 3 is 2.20 bits per heavy atom. The molecule has 4 heteroatoms. The molecule has 1 aromatic carbocycles. The van der Waals surface area contributed by atoms with Crippen molar-refractivity contribution >= 4 is 18.6 Å². The minimum atomic E-state index is -0.986. The average molecular weight is 296 g/mol. The standard InChI is InChI=1S/C16H24O3S/c1-10-8-11(16(5,6-7-20)14(18)19)9-12(13(10)17)15(2,3)4/h8-9,17,20H,6-7H2,1-5H3,(H,18,19). The zero-order valence-corrected chi connectivity index (χ0v) is 13.7. The van der Waals surface area contributed by atoms with Gasteiger partial charge in [0.25, 0.3) is 0 Å². The van der Waals surface area contributed by atoms with Crippen LogP contribution in [0.5, 0.6) is 5.75 Å². The third-order valence-corrected chi connectivity index (χ3v) is 4.05. The molecule has 0 radical (unpaired) electrons. The number of phenolic OH excluding ortho intramolecular Hbond substituents is 1. The summed E-state index contributed by atoms with van der Waals surface area (Å²) in [7, 11) is 0. The van der Waals surface area contributed by atoms with Gasteiger partial charge in [0.15, 0.2) is 0 Å². The van der Waals surface area contributed by atoms with Gasteiger partial charge in [-0.2, -0.15) is 12.6 Å². The molecule has 2 N–H and O–H groups in total. The number of rotatable bonds is 4. The summed E-state index contributed by atoms with van der Waals surface area (Å²) in [4.78, 5) is 11.7. The van der Waals surface area contributed by atoms with Crippen LogP contribution < -0.4 is 0 Å². The van der Waals surface area contributed by atoms with Gasteiger partial charge in [-0.3, -0.25) is 4.79 Å². The third kappa shape index (κ3) is 3.11. The Kier molecular flexibility index (Phi) is 4.80. The lowest BCUT2D eigenvalue weighted by atomic mass is 9.75. The first-order chi connectivity index (χ1) is 9.04. The lowest BCUT2D eigenvalue weighted by molar-refractivity contribution is -0.143. The van der Waals surface area contributed by atoms with E-state index in [0.717, 1.165) is 11.1 Å².